The lowest BCUT2D eigenvalue weighted by Gasteiger charge is -2.32. The largest absolute Gasteiger partial charge is 0.352 e. The van der Waals surface area contributed by atoms with Crippen LogP contribution in [0.5, 0.6) is 0 Å². The lowest BCUT2D eigenvalue weighted by Crippen LogP contribution is -2.51. The molecule has 0 spiro atoms. The summed E-state index contributed by atoms with van der Waals surface area (Å²) in [5.41, 5.74) is 2.82. The Balaban J connectivity index is 1.89. The van der Waals surface area contributed by atoms with Crippen LogP contribution in [0.15, 0.2) is 84.9 Å². The number of aryl methyl sites for hydroxylation is 1. The third kappa shape index (κ3) is 7.56. The molecular weight excluding hydrogens is 415 g/mol. The highest BCUT2D eigenvalue weighted by molar-refractivity contribution is 5.88. The van der Waals surface area contributed by atoms with Crippen molar-refractivity contribution in [1.82, 2.24) is 10.2 Å². The average molecular weight is 447 g/mol. The smallest absolute Gasteiger partial charge is 0.243 e. The van der Waals surface area contributed by atoms with Gasteiger partial charge in [-0.25, -0.2) is 4.39 Å². The molecule has 0 radical (unpaired) electrons. The number of amides is 2. The number of hydrogen-bond donors (Lipinski definition) is 1. The maximum Gasteiger partial charge on any atom is 0.243 e. The molecular formula is C28H31FN2O2. The van der Waals surface area contributed by atoms with Crippen molar-refractivity contribution in [2.75, 3.05) is 0 Å². The Labute approximate surface area is 195 Å². The summed E-state index contributed by atoms with van der Waals surface area (Å²) in [6, 6.07) is 24.9. The average Bonchev–Trinajstić information content (AvgIpc) is 2.82. The normalized spacial score (nSPS) is 11.8. The molecule has 0 aliphatic rings. The highest BCUT2D eigenvalue weighted by Crippen LogP contribution is 2.17. The van der Waals surface area contributed by atoms with E-state index in [1.165, 1.54) is 12.1 Å². The lowest BCUT2D eigenvalue weighted by atomic mass is 10.0. The van der Waals surface area contributed by atoms with E-state index in [0.717, 1.165) is 16.7 Å². The standard InChI is InChI=1S/C28H31FN2O2/c1-21(2)30-28(33)26(19-23-11-7-4-8-12-23)31(20-24-13-16-25(29)17-14-24)27(32)18-15-22-9-5-3-6-10-22/h3-14,16-17,21,26H,15,18-20H2,1-2H3,(H,30,33)/t26-/m1/s1. The highest BCUT2D eigenvalue weighted by atomic mass is 19.1. The van der Waals surface area contributed by atoms with E-state index in [1.807, 2.05) is 74.5 Å². The molecule has 0 aliphatic carbocycles. The first kappa shape index (κ1) is 24.2. The number of halogens is 1. The van der Waals surface area contributed by atoms with Gasteiger partial charge in [0.1, 0.15) is 11.9 Å². The second kappa shape index (κ2) is 12.0. The Morgan fingerprint density at radius 1 is 0.818 bits per heavy atom. The first-order valence-corrected chi connectivity index (χ1v) is 11.3. The van der Waals surface area contributed by atoms with Crippen molar-refractivity contribution < 1.29 is 14.0 Å². The van der Waals surface area contributed by atoms with Crippen molar-refractivity contribution in [2.45, 2.75) is 51.7 Å². The van der Waals surface area contributed by atoms with Gasteiger partial charge in [-0.3, -0.25) is 9.59 Å². The number of nitrogens with one attached hydrogen (secondary N) is 1. The molecule has 0 aliphatic heterocycles. The van der Waals surface area contributed by atoms with E-state index in [4.69, 9.17) is 0 Å². The minimum absolute atomic E-state index is 0.0529. The van der Waals surface area contributed by atoms with Crippen LogP contribution in [0.2, 0.25) is 0 Å². The van der Waals surface area contributed by atoms with Gasteiger partial charge < -0.3 is 10.2 Å². The molecule has 0 saturated heterocycles. The van der Waals surface area contributed by atoms with Crippen LogP contribution in [-0.4, -0.2) is 28.8 Å². The van der Waals surface area contributed by atoms with Gasteiger partial charge in [0.25, 0.3) is 0 Å². The van der Waals surface area contributed by atoms with Gasteiger partial charge in [0.05, 0.1) is 0 Å². The van der Waals surface area contributed by atoms with Gasteiger partial charge in [0.2, 0.25) is 11.8 Å². The number of nitrogens with zero attached hydrogens (tertiary/aromatic N) is 1. The van der Waals surface area contributed by atoms with Crippen molar-refractivity contribution in [3.05, 3.63) is 107 Å². The van der Waals surface area contributed by atoms with E-state index in [1.54, 1.807) is 17.0 Å². The van der Waals surface area contributed by atoms with Crippen LogP contribution < -0.4 is 5.32 Å². The van der Waals surface area contributed by atoms with Gasteiger partial charge in [-0.1, -0.05) is 72.8 Å². The number of hydrogen-bond acceptors (Lipinski definition) is 2. The maximum absolute atomic E-state index is 13.5. The van der Waals surface area contributed by atoms with Crippen LogP contribution >= 0.6 is 0 Å². The molecule has 0 fully saturated rings. The summed E-state index contributed by atoms with van der Waals surface area (Å²) < 4.78 is 13.5. The van der Waals surface area contributed by atoms with Crippen LogP contribution in [0.25, 0.3) is 0 Å². The predicted octanol–water partition coefficient (Wildman–Crippen LogP) is 4.92. The SMILES string of the molecule is CC(C)NC(=O)[C@@H](Cc1ccccc1)N(Cc1ccc(F)cc1)C(=O)CCc1ccccc1. The van der Waals surface area contributed by atoms with E-state index in [9.17, 15) is 14.0 Å². The fourth-order valence-corrected chi connectivity index (χ4v) is 3.76. The predicted molar refractivity (Wildman–Crippen MR) is 129 cm³/mol. The Kier molecular flexibility index (Phi) is 8.76. The second-order valence-corrected chi connectivity index (χ2v) is 8.50. The van der Waals surface area contributed by atoms with Crippen LogP contribution in [-0.2, 0) is 29.0 Å². The zero-order valence-corrected chi connectivity index (χ0v) is 19.2. The molecule has 2 amide bonds. The summed E-state index contributed by atoms with van der Waals surface area (Å²) in [7, 11) is 0. The van der Waals surface area contributed by atoms with E-state index in [0.29, 0.717) is 12.8 Å². The number of benzene rings is 3. The molecule has 0 saturated carbocycles. The molecule has 0 heterocycles. The zero-order valence-electron chi connectivity index (χ0n) is 19.2. The minimum Gasteiger partial charge on any atom is -0.352 e. The topological polar surface area (TPSA) is 49.4 Å². The van der Waals surface area contributed by atoms with E-state index in [-0.39, 0.29) is 36.6 Å². The van der Waals surface area contributed by atoms with Crippen LogP contribution in [0.1, 0.15) is 37.0 Å². The Morgan fingerprint density at radius 3 is 1.97 bits per heavy atom. The number of carbonyl (C=O) groups excluding carboxylic acids is 2. The van der Waals surface area contributed by atoms with E-state index in [2.05, 4.69) is 5.32 Å². The van der Waals surface area contributed by atoms with E-state index < -0.39 is 6.04 Å². The highest BCUT2D eigenvalue weighted by Gasteiger charge is 2.30. The number of carbonyl (C=O) groups is 2. The molecule has 172 valence electrons. The quantitative estimate of drug-likeness (QED) is 0.480. The Morgan fingerprint density at radius 2 is 1.39 bits per heavy atom. The fourth-order valence-electron chi connectivity index (χ4n) is 3.76. The maximum atomic E-state index is 13.5. The molecule has 3 aromatic carbocycles. The van der Waals surface area contributed by atoms with Crippen molar-refractivity contribution >= 4 is 11.8 Å². The molecule has 0 unspecified atom stereocenters. The molecule has 0 aromatic heterocycles. The van der Waals surface area contributed by atoms with Gasteiger partial charge in [0, 0.05) is 25.4 Å². The van der Waals surface area contributed by atoms with Crippen molar-refractivity contribution in [3.63, 3.8) is 0 Å². The summed E-state index contributed by atoms with van der Waals surface area (Å²) in [6.07, 6.45) is 1.27. The summed E-state index contributed by atoms with van der Waals surface area (Å²) in [4.78, 5) is 28.4. The Hall–Kier alpha value is -3.47. The molecule has 33 heavy (non-hydrogen) atoms. The van der Waals surface area contributed by atoms with Gasteiger partial charge >= 0.3 is 0 Å². The molecule has 1 N–H and O–H groups in total. The van der Waals surface area contributed by atoms with Gasteiger partial charge in [-0.2, -0.15) is 0 Å². The lowest BCUT2D eigenvalue weighted by molar-refractivity contribution is -0.141. The van der Waals surface area contributed by atoms with Gasteiger partial charge in [0.15, 0.2) is 0 Å². The molecule has 3 aromatic rings. The van der Waals surface area contributed by atoms with E-state index >= 15 is 0 Å². The van der Waals surface area contributed by atoms with Gasteiger partial charge in [-0.05, 0) is 49.1 Å². The molecule has 1 atom stereocenters. The fraction of sp³-hybridized carbons (Fsp3) is 0.286. The molecule has 3 rings (SSSR count). The molecule has 0 bridgehead atoms. The minimum atomic E-state index is -0.678. The van der Waals surface area contributed by atoms with Crippen LogP contribution in [0, 0.1) is 5.82 Å². The third-order valence-electron chi connectivity index (χ3n) is 5.44. The summed E-state index contributed by atoms with van der Waals surface area (Å²) in [6.45, 7) is 4.04. The summed E-state index contributed by atoms with van der Waals surface area (Å²) in [5.74, 6) is -0.633. The summed E-state index contributed by atoms with van der Waals surface area (Å²) >= 11 is 0. The second-order valence-electron chi connectivity index (χ2n) is 8.50. The Bertz CT molecular complexity index is 1020. The van der Waals surface area contributed by atoms with Crippen molar-refractivity contribution in [2.24, 2.45) is 0 Å². The number of rotatable bonds is 10. The zero-order chi connectivity index (χ0) is 23.6. The van der Waals surface area contributed by atoms with Crippen LogP contribution in [0.4, 0.5) is 4.39 Å². The molecule has 5 heteroatoms. The van der Waals surface area contributed by atoms with Crippen molar-refractivity contribution in [3.8, 4) is 0 Å². The van der Waals surface area contributed by atoms with Crippen LogP contribution in [0.3, 0.4) is 0 Å². The first-order chi connectivity index (χ1) is 15.9. The first-order valence-electron chi connectivity index (χ1n) is 11.3. The molecule has 4 nitrogen and oxygen atoms in total. The summed E-state index contributed by atoms with van der Waals surface area (Å²) in [5, 5.41) is 2.97. The third-order valence-corrected chi connectivity index (χ3v) is 5.44. The monoisotopic (exact) mass is 446 g/mol. The van der Waals surface area contributed by atoms with Gasteiger partial charge in [-0.15, -0.1) is 0 Å². The van der Waals surface area contributed by atoms with Crippen molar-refractivity contribution in [1.29, 1.82) is 0 Å².